The van der Waals surface area contributed by atoms with Gasteiger partial charge in [-0.05, 0) is 30.3 Å². The SMILES string of the molecule is N#Cc1cc(-c2cc(-c3ccccc3)nc(-c3ccccc3)n2)ccc1-n1c2ccccc2c2ccccc21. The van der Waals surface area contributed by atoms with Crippen molar-refractivity contribution in [1.29, 1.82) is 5.26 Å². The van der Waals surface area contributed by atoms with Gasteiger partial charge in [0.15, 0.2) is 5.82 Å². The first kappa shape index (κ1) is 22.7. The van der Waals surface area contributed by atoms with Crippen molar-refractivity contribution >= 4 is 21.8 Å². The molecular weight excluding hydrogens is 476 g/mol. The highest BCUT2D eigenvalue weighted by Crippen LogP contribution is 2.35. The number of benzene rings is 5. The van der Waals surface area contributed by atoms with Gasteiger partial charge in [-0.1, -0.05) is 103 Å². The summed E-state index contributed by atoms with van der Waals surface area (Å²) in [5.74, 6) is 0.650. The van der Waals surface area contributed by atoms with E-state index in [1.54, 1.807) is 0 Å². The molecule has 0 radical (unpaired) electrons. The summed E-state index contributed by atoms with van der Waals surface area (Å²) in [6.45, 7) is 0. The Hall–Kier alpha value is -5.53. The number of fused-ring (bicyclic) bond motifs is 3. The van der Waals surface area contributed by atoms with Crippen molar-refractivity contribution in [3.05, 3.63) is 139 Å². The lowest BCUT2D eigenvalue weighted by molar-refractivity contribution is 1.16. The van der Waals surface area contributed by atoms with E-state index in [4.69, 9.17) is 9.97 Å². The summed E-state index contributed by atoms with van der Waals surface area (Å²) in [7, 11) is 0. The molecule has 182 valence electrons. The van der Waals surface area contributed by atoms with Gasteiger partial charge in [-0.15, -0.1) is 0 Å². The summed E-state index contributed by atoms with van der Waals surface area (Å²) in [5.41, 5.74) is 8.01. The van der Waals surface area contributed by atoms with Gasteiger partial charge in [-0.25, -0.2) is 9.97 Å². The second kappa shape index (κ2) is 9.41. The molecule has 0 aliphatic rings. The molecule has 2 heterocycles. The number of hydrogen-bond donors (Lipinski definition) is 0. The maximum atomic E-state index is 10.3. The van der Waals surface area contributed by atoms with E-state index in [1.807, 2.05) is 97.1 Å². The molecule has 0 saturated heterocycles. The van der Waals surface area contributed by atoms with E-state index >= 15 is 0 Å². The van der Waals surface area contributed by atoms with Gasteiger partial charge < -0.3 is 4.57 Å². The van der Waals surface area contributed by atoms with E-state index in [1.165, 1.54) is 0 Å². The normalized spacial score (nSPS) is 11.1. The number of nitrogens with zero attached hydrogens (tertiary/aromatic N) is 4. The average molecular weight is 499 g/mol. The minimum Gasteiger partial charge on any atom is -0.308 e. The molecule has 0 aliphatic heterocycles. The molecule has 4 nitrogen and oxygen atoms in total. The van der Waals surface area contributed by atoms with Crippen LogP contribution in [0.15, 0.2) is 133 Å². The molecule has 0 bridgehead atoms. The van der Waals surface area contributed by atoms with Gasteiger partial charge in [-0.2, -0.15) is 5.26 Å². The first-order valence-electron chi connectivity index (χ1n) is 12.8. The van der Waals surface area contributed by atoms with Crippen LogP contribution < -0.4 is 0 Å². The fraction of sp³-hybridized carbons (Fsp3) is 0. The van der Waals surface area contributed by atoms with Crippen molar-refractivity contribution in [3.63, 3.8) is 0 Å². The molecule has 7 rings (SSSR count). The molecule has 0 unspecified atom stereocenters. The van der Waals surface area contributed by atoms with Crippen LogP contribution in [0.25, 0.3) is 61.4 Å². The first-order valence-corrected chi connectivity index (χ1v) is 12.8. The van der Waals surface area contributed by atoms with Crippen LogP contribution in [-0.2, 0) is 0 Å². The molecule has 0 fully saturated rings. The Labute approximate surface area is 226 Å². The number of aromatic nitrogens is 3. The van der Waals surface area contributed by atoms with Crippen LogP contribution in [0, 0.1) is 11.3 Å². The van der Waals surface area contributed by atoms with Crippen molar-refractivity contribution in [2.45, 2.75) is 0 Å². The lowest BCUT2D eigenvalue weighted by Crippen LogP contribution is -1.99. The van der Waals surface area contributed by atoms with Crippen molar-refractivity contribution in [1.82, 2.24) is 14.5 Å². The Morgan fingerprint density at radius 1 is 0.513 bits per heavy atom. The Morgan fingerprint density at radius 2 is 1.05 bits per heavy atom. The molecule has 0 aliphatic carbocycles. The Bertz CT molecular complexity index is 1910. The highest BCUT2D eigenvalue weighted by molar-refractivity contribution is 6.09. The van der Waals surface area contributed by atoms with E-state index in [2.05, 4.69) is 47.0 Å². The summed E-state index contributed by atoms with van der Waals surface area (Å²) >= 11 is 0. The average Bonchev–Trinajstić information content (AvgIpc) is 3.35. The van der Waals surface area contributed by atoms with Gasteiger partial charge in [0.25, 0.3) is 0 Å². The molecule has 0 N–H and O–H groups in total. The maximum absolute atomic E-state index is 10.3. The number of hydrogen-bond acceptors (Lipinski definition) is 3. The largest absolute Gasteiger partial charge is 0.308 e. The minimum absolute atomic E-state index is 0.583. The highest BCUT2D eigenvalue weighted by atomic mass is 15.0. The van der Waals surface area contributed by atoms with E-state index in [0.29, 0.717) is 11.4 Å². The van der Waals surface area contributed by atoms with Crippen LogP contribution in [0.5, 0.6) is 0 Å². The molecular formula is C35H22N4. The van der Waals surface area contributed by atoms with Crippen LogP contribution in [0.1, 0.15) is 5.56 Å². The van der Waals surface area contributed by atoms with E-state index in [-0.39, 0.29) is 0 Å². The second-order valence-corrected chi connectivity index (χ2v) is 9.41. The summed E-state index contributed by atoms with van der Waals surface area (Å²) in [6.07, 6.45) is 0. The third-order valence-corrected chi connectivity index (χ3v) is 7.06. The third kappa shape index (κ3) is 3.94. The number of para-hydroxylation sites is 2. The molecule has 7 aromatic rings. The molecule has 39 heavy (non-hydrogen) atoms. The molecule has 0 amide bonds. The van der Waals surface area contributed by atoms with Crippen molar-refractivity contribution in [2.24, 2.45) is 0 Å². The molecule has 0 atom stereocenters. The monoisotopic (exact) mass is 498 g/mol. The molecule has 0 spiro atoms. The van der Waals surface area contributed by atoms with Crippen LogP contribution >= 0.6 is 0 Å². The van der Waals surface area contributed by atoms with Crippen LogP contribution in [0.3, 0.4) is 0 Å². The molecule has 2 aromatic heterocycles. The smallest absolute Gasteiger partial charge is 0.160 e. The summed E-state index contributed by atoms with van der Waals surface area (Å²) in [6, 6.07) is 47.2. The van der Waals surface area contributed by atoms with Gasteiger partial charge in [0.05, 0.1) is 33.7 Å². The number of nitriles is 1. The van der Waals surface area contributed by atoms with E-state index in [9.17, 15) is 5.26 Å². The highest BCUT2D eigenvalue weighted by Gasteiger charge is 2.16. The predicted octanol–water partition coefficient (Wildman–Crippen LogP) is 8.45. The van der Waals surface area contributed by atoms with Gasteiger partial charge >= 0.3 is 0 Å². The fourth-order valence-corrected chi connectivity index (χ4v) is 5.23. The lowest BCUT2D eigenvalue weighted by atomic mass is 10.0. The van der Waals surface area contributed by atoms with Crippen LogP contribution in [0.4, 0.5) is 0 Å². The lowest BCUT2D eigenvalue weighted by Gasteiger charge is -2.13. The Morgan fingerprint density at radius 3 is 1.67 bits per heavy atom. The Balaban J connectivity index is 1.43. The summed E-state index contributed by atoms with van der Waals surface area (Å²) < 4.78 is 2.18. The van der Waals surface area contributed by atoms with Gasteiger partial charge in [0.2, 0.25) is 0 Å². The third-order valence-electron chi connectivity index (χ3n) is 7.06. The van der Waals surface area contributed by atoms with Crippen LogP contribution in [0.2, 0.25) is 0 Å². The van der Waals surface area contributed by atoms with Crippen molar-refractivity contribution in [3.8, 4) is 45.7 Å². The first-order chi connectivity index (χ1) is 19.3. The molecule has 4 heteroatoms. The van der Waals surface area contributed by atoms with Gasteiger partial charge in [0, 0.05) is 27.5 Å². The topological polar surface area (TPSA) is 54.5 Å². The van der Waals surface area contributed by atoms with Gasteiger partial charge in [0.1, 0.15) is 6.07 Å². The summed E-state index contributed by atoms with van der Waals surface area (Å²) in [5, 5.41) is 12.6. The van der Waals surface area contributed by atoms with E-state index < -0.39 is 0 Å². The van der Waals surface area contributed by atoms with Crippen molar-refractivity contribution < 1.29 is 0 Å². The minimum atomic E-state index is 0.583. The van der Waals surface area contributed by atoms with Crippen LogP contribution in [-0.4, -0.2) is 14.5 Å². The van der Waals surface area contributed by atoms with E-state index in [0.717, 1.165) is 55.6 Å². The number of rotatable bonds is 4. The molecule has 5 aromatic carbocycles. The Kier molecular flexibility index (Phi) is 5.46. The zero-order chi connectivity index (χ0) is 26.2. The zero-order valence-corrected chi connectivity index (χ0v) is 21.0. The fourth-order valence-electron chi connectivity index (χ4n) is 5.23. The van der Waals surface area contributed by atoms with Crippen molar-refractivity contribution in [2.75, 3.05) is 0 Å². The van der Waals surface area contributed by atoms with Gasteiger partial charge in [-0.3, -0.25) is 0 Å². The quantitative estimate of drug-likeness (QED) is 0.245. The summed E-state index contributed by atoms with van der Waals surface area (Å²) in [4.78, 5) is 9.83. The standard InChI is InChI=1S/C35H22N4/c36-23-27-21-26(19-20-32(27)39-33-17-9-7-15-28(33)29-16-8-10-18-34(29)39)31-22-30(24-11-3-1-4-12-24)37-35(38-31)25-13-5-2-6-14-25/h1-22H. The maximum Gasteiger partial charge on any atom is 0.160 e. The predicted molar refractivity (Wildman–Crippen MR) is 157 cm³/mol. The zero-order valence-electron chi connectivity index (χ0n) is 21.0. The second-order valence-electron chi connectivity index (χ2n) is 9.41. The molecule has 0 saturated carbocycles.